The molecule has 0 aromatic heterocycles. The van der Waals surface area contributed by atoms with E-state index in [0.717, 1.165) is 0 Å². The molecule has 0 heterocycles. The summed E-state index contributed by atoms with van der Waals surface area (Å²) in [5, 5.41) is 0. The molecule has 0 radical (unpaired) electrons. The quantitative estimate of drug-likeness (QED) is 0.596. The van der Waals surface area contributed by atoms with Gasteiger partial charge in [0.1, 0.15) is 0 Å². The summed E-state index contributed by atoms with van der Waals surface area (Å²) >= 11 is 0. The van der Waals surface area contributed by atoms with Crippen LogP contribution < -0.4 is 12.3 Å². The highest BCUT2D eigenvalue weighted by Crippen LogP contribution is 2.13. The summed E-state index contributed by atoms with van der Waals surface area (Å²) in [7, 11) is 0. The summed E-state index contributed by atoms with van der Waals surface area (Å²) in [5.74, 6) is 0. The van der Waals surface area contributed by atoms with Crippen molar-refractivity contribution >= 4 is 0 Å². The molecule has 0 aliphatic carbocycles. The second-order valence-corrected chi connectivity index (χ2v) is 3.15. The molecular weight excluding hydrogens is 160 g/mol. The highest BCUT2D eigenvalue weighted by molar-refractivity contribution is 5.01. The van der Waals surface area contributed by atoms with Gasteiger partial charge in [0.2, 0.25) is 0 Å². The van der Waals surface area contributed by atoms with E-state index in [1.807, 2.05) is 0 Å². The van der Waals surface area contributed by atoms with Crippen LogP contribution in [0.2, 0.25) is 0 Å². The summed E-state index contributed by atoms with van der Waals surface area (Å²) in [4.78, 5) is 0. The first-order chi connectivity index (χ1) is 5.35. The fraction of sp³-hybridized carbons (Fsp3) is 0.818. The Balaban J connectivity index is -0.000000500. The molecule has 0 amide bonds. The van der Waals surface area contributed by atoms with Gasteiger partial charge >= 0.3 is 0 Å². The standard InChI is InChI=1S/C11H22.2H3N/c1-4-7-10-11(8-5-2)9-6-3;;/h10H,4-9H2,1-3H3;2*1H3. The minimum Gasteiger partial charge on any atom is -0.344 e. The maximum atomic E-state index is 2.44. The second-order valence-electron chi connectivity index (χ2n) is 3.15. The highest BCUT2D eigenvalue weighted by atomic mass is 14.0. The van der Waals surface area contributed by atoms with E-state index in [4.69, 9.17) is 0 Å². The summed E-state index contributed by atoms with van der Waals surface area (Å²) in [5.41, 5.74) is 1.68. The Hall–Kier alpha value is -0.340. The van der Waals surface area contributed by atoms with Gasteiger partial charge in [-0.05, 0) is 19.3 Å². The van der Waals surface area contributed by atoms with Gasteiger partial charge in [0.25, 0.3) is 0 Å². The Labute approximate surface area is 84.0 Å². The molecule has 0 fully saturated rings. The van der Waals surface area contributed by atoms with Crippen LogP contribution in [0.5, 0.6) is 0 Å². The van der Waals surface area contributed by atoms with Crippen LogP contribution in [0.1, 0.15) is 59.3 Å². The lowest BCUT2D eigenvalue weighted by atomic mass is 10.0. The molecule has 82 valence electrons. The third-order valence-electron chi connectivity index (χ3n) is 1.86. The first-order valence-electron chi connectivity index (χ1n) is 5.03. The molecule has 0 aliphatic heterocycles. The summed E-state index contributed by atoms with van der Waals surface area (Å²) in [6, 6.07) is 0. The van der Waals surface area contributed by atoms with Crippen LogP contribution >= 0.6 is 0 Å². The summed E-state index contributed by atoms with van der Waals surface area (Å²) < 4.78 is 0. The van der Waals surface area contributed by atoms with E-state index in [0.29, 0.717) is 0 Å². The largest absolute Gasteiger partial charge is 0.344 e. The van der Waals surface area contributed by atoms with Gasteiger partial charge in [0, 0.05) is 0 Å². The van der Waals surface area contributed by atoms with Crippen LogP contribution in [-0.4, -0.2) is 0 Å². The minimum absolute atomic E-state index is 0. The van der Waals surface area contributed by atoms with E-state index in [-0.39, 0.29) is 12.3 Å². The lowest BCUT2D eigenvalue weighted by molar-refractivity contribution is 0.788. The minimum atomic E-state index is 0. The highest BCUT2D eigenvalue weighted by Gasteiger charge is 1.92. The molecule has 0 aliphatic rings. The normalized spacial score (nSPS) is 8.23. The van der Waals surface area contributed by atoms with Gasteiger partial charge in [-0.15, -0.1) is 0 Å². The van der Waals surface area contributed by atoms with Crippen molar-refractivity contribution in [3.8, 4) is 0 Å². The van der Waals surface area contributed by atoms with E-state index in [1.165, 1.54) is 38.5 Å². The van der Waals surface area contributed by atoms with Gasteiger partial charge < -0.3 is 12.3 Å². The number of allylic oxidation sites excluding steroid dienone is 2. The lowest BCUT2D eigenvalue weighted by Crippen LogP contribution is -1.82. The van der Waals surface area contributed by atoms with Gasteiger partial charge in [0.05, 0.1) is 0 Å². The van der Waals surface area contributed by atoms with Crippen LogP contribution in [0.3, 0.4) is 0 Å². The van der Waals surface area contributed by atoms with Crippen LogP contribution in [0.25, 0.3) is 0 Å². The Kier molecular flexibility index (Phi) is 20.1. The molecular formula is C11H28N2. The third-order valence-corrected chi connectivity index (χ3v) is 1.86. The topological polar surface area (TPSA) is 70.0 Å². The van der Waals surface area contributed by atoms with E-state index in [2.05, 4.69) is 26.8 Å². The predicted molar refractivity (Wildman–Crippen MR) is 62.9 cm³/mol. The van der Waals surface area contributed by atoms with Gasteiger partial charge in [-0.2, -0.15) is 0 Å². The Morgan fingerprint density at radius 2 is 1.31 bits per heavy atom. The molecule has 0 bridgehead atoms. The molecule has 0 rings (SSSR count). The van der Waals surface area contributed by atoms with Crippen molar-refractivity contribution < 1.29 is 0 Å². The molecule has 0 saturated heterocycles. The molecule has 13 heavy (non-hydrogen) atoms. The first-order valence-corrected chi connectivity index (χ1v) is 5.03. The molecule has 2 nitrogen and oxygen atoms in total. The van der Waals surface area contributed by atoms with Crippen molar-refractivity contribution in [2.24, 2.45) is 0 Å². The molecule has 0 aromatic carbocycles. The van der Waals surface area contributed by atoms with Crippen molar-refractivity contribution in [2.75, 3.05) is 0 Å². The molecule has 2 heteroatoms. The fourth-order valence-electron chi connectivity index (χ4n) is 1.32. The fourth-order valence-corrected chi connectivity index (χ4v) is 1.32. The molecule has 0 atom stereocenters. The maximum absolute atomic E-state index is 2.44. The molecule has 0 unspecified atom stereocenters. The number of rotatable bonds is 6. The molecule has 0 aromatic rings. The smallest absolute Gasteiger partial charge is 0.0323 e. The van der Waals surface area contributed by atoms with Crippen LogP contribution in [0, 0.1) is 0 Å². The van der Waals surface area contributed by atoms with E-state index in [1.54, 1.807) is 5.57 Å². The SMILES string of the molecule is CCCC=C(CCC)CCC.N.N. The van der Waals surface area contributed by atoms with Crippen molar-refractivity contribution in [1.29, 1.82) is 0 Å². The monoisotopic (exact) mass is 188 g/mol. The zero-order chi connectivity index (χ0) is 8.53. The molecule has 0 saturated carbocycles. The van der Waals surface area contributed by atoms with Crippen LogP contribution in [0.4, 0.5) is 0 Å². The predicted octanol–water partition coefficient (Wildman–Crippen LogP) is 4.64. The van der Waals surface area contributed by atoms with E-state index >= 15 is 0 Å². The summed E-state index contributed by atoms with van der Waals surface area (Å²) in [6.07, 6.45) is 10.2. The van der Waals surface area contributed by atoms with Gasteiger partial charge in [0.15, 0.2) is 0 Å². The number of unbranched alkanes of at least 4 members (excludes halogenated alkanes) is 1. The van der Waals surface area contributed by atoms with E-state index in [9.17, 15) is 0 Å². The number of hydrogen-bond donors (Lipinski definition) is 2. The average molecular weight is 188 g/mol. The summed E-state index contributed by atoms with van der Waals surface area (Å²) in [6.45, 7) is 6.76. The Morgan fingerprint density at radius 3 is 1.62 bits per heavy atom. The second kappa shape index (κ2) is 14.2. The third kappa shape index (κ3) is 11.7. The van der Waals surface area contributed by atoms with Crippen molar-refractivity contribution in [1.82, 2.24) is 12.3 Å². The Bertz CT molecular complexity index is 101. The van der Waals surface area contributed by atoms with Crippen molar-refractivity contribution in [3.63, 3.8) is 0 Å². The van der Waals surface area contributed by atoms with Gasteiger partial charge in [-0.3, -0.25) is 0 Å². The zero-order valence-corrected chi connectivity index (χ0v) is 9.73. The first kappa shape index (κ1) is 18.4. The van der Waals surface area contributed by atoms with Gasteiger partial charge in [-0.25, -0.2) is 0 Å². The van der Waals surface area contributed by atoms with Crippen molar-refractivity contribution in [3.05, 3.63) is 11.6 Å². The molecule has 0 spiro atoms. The van der Waals surface area contributed by atoms with E-state index < -0.39 is 0 Å². The average Bonchev–Trinajstić information content (AvgIpc) is 2.01. The van der Waals surface area contributed by atoms with Gasteiger partial charge in [-0.1, -0.05) is 51.7 Å². The number of hydrogen-bond acceptors (Lipinski definition) is 2. The Morgan fingerprint density at radius 1 is 0.846 bits per heavy atom. The lowest BCUT2D eigenvalue weighted by Gasteiger charge is -2.02. The maximum Gasteiger partial charge on any atom is -0.0323 e. The molecule has 6 N–H and O–H groups in total. The van der Waals surface area contributed by atoms with Crippen LogP contribution in [0.15, 0.2) is 11.6 Å². The van der Waals surface area contributed by atoms with Crippen LogP contribution in [-0.2, 0) is 0 Å². The van der Waals surface area contributed by atoms with Crippen molar-refractivity contribution in [2.45, 2.75) is 59.3 Å². The zero-order valence-electron chi connectivity index (χ0n) is 9.73.